The van der Waals surface area contributed by atoms with Crippen molar-refractivity contribution in [1.29, 1.82) is 0 Å². The standard InChI is InChI=1S/C9H9N3O2S.C9H8N2O4S.C9H9NO2S.C7H4N2O4S.C6H4N2O2S.C6H6N2S.C5H4OS.C4H7N3O2.C2H5O.CH4.Cu.2Na.H2O/c1-2-14-9(13)8(11-12-10)6-7-4-3-5-15-7;1-2-15-9(12)6-3-7-5(10-6)4-8(16-7)11(13)14;1-2-12-9(11)7-5-8-6(10-7)3-4-13-8;10-7(11)4-1-5-3(8-4)2-6(14-5)9(12)13;9-8(10)6-3-4-5(11-6)1-2-7-4;7-6-3-4-5(9-6)1-2-8-4;6-4-5-2-1-3-7-5;1-2-9-4(8)3-6-7-5;1-2-3;;;;;/h3-6H,2H2,1H3;3-4,10H,2H2,1H3;3-5,10H,2H2,1H3;1-2,8H,(H,10,11);1-3,7H;1-3,8H,7H2;1-4H;2-3H2,1H3;2H2,1H3;1H4;;;;1H2/q;;;;;;;;-1;;;2*+1;/p-1/b8-6-;;;;;;;;;;;;;. The van der Waals surface area contributed by atoms with E-state index in [1.807, 2.05) is 70.9 Å². The summed E-state index contributed by atoms with van der Waals surface area (Å²) in [4.78, 5) is 115. The van der Waals surface area contributed by atoms with Crippen LogP contribution < -0.4 is 70.0 Å². The Morgan fingerprint density at radius 1 is 0.588 bits per heavy atom. The van der Waals surface area contributed by atoms with Gasteiger partial charge in [-0.25, -0.2) is 19.2 Å². The van der Waals surface area contributed by atoms with Gasteiger partial charge >= 0.3 is 104 Å². The molecule has 1 radical (unpaired) electrons. The number of aromatic carboxylic acids is 1. The Bertz CT molecular complexity index is 4480. The van der Waals surface area contributed by atoms with E-state index in [0.29, 0.717) is 51.6 Å². The minimum absolute atomic E-state index is 0. The van der Waals surface area contributed by atoms with E-state index in [0.717, 1.165) is 69.7 Å². The minimum atomic E-state index is -1.07. The van der Waals surface area contributed by atoms with Gasteiger partial charge in [0.15, 0.2) is 6.29 Å². The van der Waals surface area contributed by atoms with Crippen LogP contribution in [0.15, 0.2) is 129 Å². The van der Waals surface area contributed by atoms with Crippen molar-refractivity contribution in [2.75, 3.05) is 45.3 Å². The maximum Gasteiger partial charge on any atom is 1.00 e. The number of aromatic nitrogens is 5. The van der Waals surface area contributed by atoms with Crippen LogP contribution in [-0.2, 0) is 45.6 Å². The number of H-pyrrole nitrogens is 5. The molecule has 0 aliphatic carbocycles. The van der Waals surface area contributed by atoms with Crippen LogP contribution in [0.1, 0.15) is 88.1 Å². The number of carboxylic acids is 1. The van der Waals surface area contributed by atoms with Crippen LogP contribution in [0.25, 0.3) is 78.0 Å². The summed E-state index contributed by atoms with van der Waals surface area (Å²) < 4.78 is 23.3. The van der Waals surface area contributed by atoms with Crippen LogP contribution in [0.5, 0.6) is 0 Å². The second-order valence-corrected chi connectivity index (χ2v) is 24.5. The molecule has 0 bridgehead atoms. The van der Waals surface area contributed by atoms with E-state index in [9.17, 15) is 59.1 Å². The van der Waals surface area contributed by atoms with Crippen molar-refractivity contribution in [3.05, 3.63) is 197 Å². The first kappa shape index (κ1) is 95.5. The number of carboxylic acid groups (broad SMARTS) is 1. The number of hydrogen-bond donors (Lipinski definition) is 7. The second kappa shape index (κ2) is 51.5. The van der Waals surface area contributed by atoms with E-state index in [4.69, 9.17) is 41.2 Å². The van der Waals surface area contributed by atoms with Crippen molar-refractivity contribution >= 4 is 193 Å². The fourth-order valence-corrected chi connectivity index (χ4v) is 12.3. The number of ether oxygens (including phenoxy) is 4. The molecule has 0 aliphatic heterocycles. The van der Waals surface area contributed by atoms with Gasteiger partial charge in [0.05, 0.1) is 120 Å². The van der Waals surface area contributed by atoms with Crippen LogP contribution in [-0.4, -0.2) is 126 Å². The summed E-state index contributed by atoms with van der Waals surface area (Å²) >= 11 is 9.27. The molecule has 12 aromatic rings. The van der Waals surface area contributed by atoms with Gasteiger partial charge in [0, 0.05) is 44.2 Å². The molecule has 12 heterocycles. The quantitative estimate of drug-likeness (QED) is 0.00452. The summed E-state index contributed by atoms with van der Waals surface area (Å²) in [6.45, 7) is 9.52. The normalized spacial score (nSPS) is 9.53. The number of fused-ring (bicyclic) bond motifs is 5. The first-order chi connectivity index (χ1) is 46.6. The van der Waals surface area contributed by atoms with Crippen molar-refractivity contribution in [3.63, 3.8) is 0 Å². The Hall–Kier alpha value is -8.58. The number of esters is 4. The van der Waals surface area contributed by atoms with Crippen LogP contribution in [0.2, 0.25) is 0 Å². The molecule has 0 unspecified atom stereocenters. The molecule has 0 aliphatic rings. The molecule has 0 amide bonds. The molecule has 44 heteroatoms. The summed E-state index contributed by atoms with van der Waals surface area (Å²) in [6, 6.07) is 24.1. The van der Waals surface area contributed by atoms with Crippen molar-refractivity contribution in [3.8, 4) is 0 Å². The van der Waals surface area contributed by atoms with E-state index in [1.165, 1.54) is 63.0 Å². The third-order valence-electron chi connectivity index (χ3n) is 10.7. The van der Waals surface area contributed by atoms with Gasteiger partial charge in [-0.15, -0.1) is 52.0 Å². The van der Waals surface area contributed by atoms with Crippen molar-refractivity contribution < 1.29 is 154 Å². The molecule has 12 aromatic heterocycles. The van der Waals surface area contributed by atoms with Gasteiger partial charge in [0.1, 0.15) is 29.3 Å². The number of carbonyl (C=O) groups is 6. The molecular formula is C58H61CuN15Na2O19S7. The van der Waals surface area contributed by atoms with Crippen LogP contribution in [0.3, 0.4) is 0 Å². The van der Waals surface area contributed by atoms with Crippen molar-refractivity contribution in [2.45, 2.75) is 42.0 Å². The third kappa shape index (κ3) is 32.2. The van der Waals surface area contributed by atoms with Gasteiger partial charge in [-0.05, 0) is 116 Å². The van der Waals surface area contributed by atoms with Crippen LogP contribution in [0.4, 0.5) is 20.0 Å². The number of azide groups is 2. The molecular weight excluding hydrogens is 1540 g/mol. The predicted molar refractivity (Wildman–Crippen MR) is 382 cm³/mol. The number of nitrogens with two attached hydrogens (primary N) is 1. The zero-order valence-electron chi connectivity index (χ0n) is 54.0. The molecule has 9 N–H and O–H groups in total. The van der Waals surface area contributed by atoms with Gasteiger partial charge in [0.25, 0.3) is 0 Å². The SMILES string of the molecule is C.CCOC(=O)/C(=C/c1cccs1)N=[N+]=[N-].CCOC(=O)CN=[N+]=[N-].CCOC(=O)c1cc2sc([N+](=O)[O-])cc2[nH]1.CCOC(=O)c1cc2sccc2[nH]1.CC[O-].Nc1cc2[nH]ccc2s1.O=C(O)c1cc2sc([N+](=O)[O-])cc2[nH]1.O=Cc1cccs1.O=[N+]([O-])c1cc2[nH]ccc2s1.[Cu].[Na+].[Na+].[OH-]. The van der Waals surface area contributed by atoms with Gasteiger partial charge in [-0.3, -0.25) is 39.9 Å². The van der Waals surface area contributed by atoms with E-state index in [1.54, 1.807) is 81.7 Å². The van der Waals surface area contributed by atoms with Gasteiger partial charge < -0.3 is 65.3 Å². The number of hydrogen-bond acceptors (Lipinski definition) is 28. The van der Waals surface area contributed by atoms with Crippen LogP contribution >= 0.6 is 79.4 Å². The first-order valence-corrected chi connectivity index (χ1v) is 33.4. The number of anilines is 1. The molecule has 0 saturated heterocycles. The number of carbonyl (C=O) groups excluding carboxylic acids is 5. The average Bonchev–Trinajstić information content (AvgIpc) is 1.64. The monoisotopic (exact) mass is 1600 g/mol. The zero-order chi connectivity index (χ0) is 71.4. The zero-order valence-corrected chi connectivity index (χ0v) is 64.6. The Labute approximate surface area is 660 Å². The summed E-state index contributed by atoms with van der Waals surface area (Å²) in [5.74, 6) is -2.91. The van der Waals surface area contributed by atoms with Gasteiger partial charge in [0.2, 0.25) is 0 Å². The number of aldehydes is 1. The van der Waals surface area contributed by atoms with Crippen molar-refractivity contribution in [2.24, 2.45) is 10.2 Å². The number of nitrogen functional groups attached to an aromatic ring is 1. The maximum absolute atomic E-state index is 11.3. The largest absolute Gasteiger partial charge is 1.00 e. The molecule has 34 nitrogen and oxygen atoms in total. The second-order valence-electron chi connectivity index (χ2n) is 17.3. The molecule has 12 rings (SSSR count). The van der Waals surface area contributed by atoms with Crippen molar-refractivity contribution in [1.82, 2.24) is 24.9 Å². The average molecular weight is 1610 g/mol. The molecule has 0 saturated carbocycles. The smallest absolute Gasteiger partial charge is 0.870 e. The predicted octanol–water partition coefficient (Wildman–Crippen LogP) is 9.72. The number of nitrogens with zero attached hydrogens (tertiary/aromatic N) is 9. The minimum Gasteiger partial charge on any atom is -0.870 e. The Morgan fingerprint density at radius 2 is 1.03 bits per heavy atom. The molecule has 0 spiro atoms. The number of nitrogens with one attached hydrogen (secondary N) is 5. The fourth-order valence-electron chi connectivity index (χ4n) is 6.94. The third-order valence-corrected chi connectivity index (χ3v) is 17.3. The number of aromatic amines is 5. The topological polar surface area (TPSA) is 545 Å². The molecule has 102 heavy (non-hydrogen) atoms. The summed E-state index contributed by atoms with van der Waals surface area (Å²) in [6.07, 6.45) is 6.04. The van der Waals surface area contributed by atoms with Gasteiger partial charge in [-0.2, -0.15) is 0 Å². The maximum atomic E-state index is 11.3. The Kier molecular flexibility index (Phi) is 48.2. The summed E-state index contributed by atoms with van der Waals surface area (Å²) in [5, 5.41) is 61.8. The van der Waals surface area contributed by atoms with E-state index in [-0.39, 0.29) is 146 Å². The van der Waals surface area contributed by atoms with E-state index < -0.39 is 33.7 Å². The molecule has 537 valence electrons. The molecule has 0 atom stereocenters. The molecule has 0 aromatic carbocycles. The number of nitro groups is 3. The number of rotatable bonds is 16. The fraction of sp³-hybridized carbons (Fsp3) is 0.207. The first-order valence-electron chi connectivity index (χ1n) is 27.5. The van der Waals surface area contributed by atoms with Crippen LogP contribution in [0, 0.1) is 30.3 Å². The Morgan fingerprint density at radius 3 is 1.43 bits per heavy atom. The summed E-state index contributed by atoms with van der Waals surface area (Å²) in [7, 11) is 0. The Balaban J connectivity index is 0. The summed E-state index contributed by atoms with van der Waals surface area (Å²) in [5.41, 5.74) is 26.5. The van der Waals surface area contributed by atoms with E-state index >= 15 is 0 Å². The number of thiophene rings is 7. The van der Waals surface area contributed by atoms with E-state index in [2.05, 4.69) is 49.7 Å². The molecule has 0 fully saturated rings. The van der Waals surface area contributed by atoms with Gasteiger partial charge in [-0.1, -0.05) is 70.7 Å².